The lowest BCUT2D eigenvalue weighted by molar-refractivity contribution is 0.202. The quantitative estimate of drug-likeness (QED) is 0.475. The largest absolute Gasteiger partial charge is 0.335 e. The highest BCUT2D eigenvalue weighted by molar-refractivity contribution is 5.74. The molecule has 1 rings (SSSR count). The zero-order valence-corrected chi connectivity index (χ0v) is 15.0. The second-order valence-electron chi connectivity index (χ2n) is 6.89. The molecule has 0 aromatic rings. The summed E-state index contributed by atoms with van der Waals surface area (Å²) in [5, 5.41) is 3.31. The van der Waals surface area contributed by atoms with Crippen LogP contribution in [0.5, 0.6) is 0 Å². The summed E-state index contributed by atoms with van der Waals surface area (Å²) in [6, 6.07) is 0.582. The average molecular weight is 311 g/mol. The van der Waals surface area contributed by atoms with Crippen molar-refractivity contribution in [3.63, 3.8) is 0 Å². The van der Waals surface area contributed by atoms with Crippen molar-refractivity contribution in [2.75, 3.05) is 13.1 Å². The van der Waals surface area contributed by atoms with E-state index in [0.717, 1.165) is 25.9 Å². The molecule has 130 valence electrons. The van der Waals surface area contributed by atoms with E-state index in [1.54, 1.807) is 0 Å². The lowest BCUT2D eigenvalue weighted by Gasteiger charge is -2.23. The monoisotopic (exact) mass is 310 g/mol. The minimum atomic E-state index is 0.187. The third-order valence-corrected chi connectivity index (χ3v) is 4.78. The minimum absolute atomic E-state index is 0.187. The van der Waals surface area contributed by atoms with Crippen LogP contribution in [0.3, 0.4) is 0 Å². The molecule has 0 bridgehead atoms. The number of hydrogen-bond acceptors (Lipinski definition) is 1. The van der Waals surface area contributed by atoms with Gasteiger partial charge in [0, 0.05) is 19.1 Å². The number of rotatable bonds is 12. The number of likely N-dealkylation sites (tertiary alicyclic amines) is 1. The Morgan fingerprint density at radius 1 is 0.864 bits per heavy atom. The van der Waals surface area contributed by atoms with Crippen LogP contribution in [-0.2, 0) is 0 Å². The van der Waals surface area contributed by atoms with Crippen LogP contribution >= 0.6 is 0 Å². The summed E-state index contributed by atoms with van der Waals surface area (Å²) in [4.78, 5) is 14.3. The molecule has 1 aliphatic rings. The number of nitrogens with one attached hydrogen (secondary N) is 1. The summed E-state index contributed by atoms with van der Waals surface area (Å²) in [5.74, 6) is 0. The smallest absolute Gasteiger partial charge is 0.317 e. The van der Waals surface area contributed by atoms with E-state index in [-0.39, 0.29) is 6.03 Å². The van der Waals surface area contributed by atoms with Gasteiger partial charge in [-0.2, -0.15) is 0 Å². The first-order chi connectivity index (χ1) is 10.8. The molecule has 0 aromatic carbocycles. The van der Waals surface area contributed by atoms with Crippen LogP contribution in [0.4, 0.5) is 4.79 Å². The van der Waals surface area contributed by atoms with Crippen LogP contribution in [0.2, 0.25) is 0 Å². The molecule has 1 saturated heterocycles. The van der Waals surface area contributed by atoms with Crippen molar-refractivity contribution >= 4 is 6.03 Å². The number of carbonyl (C=O) groups is 1. The Labute approximate surface area is 138 Å². The molecule has 1 fully saturated rings. The lowest BCUT2D eigenvalue weighted by Crippen LogP contribution is -2.43. The number of carbonyl (C=O) groups excluding carboxylic acids is 1. The van der Waals surface area contributed by atoms with E-state index in [2.05, 4.69) is 19.2 Å². The van der Waals surface area contributed by atoms with Gasteiger partial charge in [-0.3, -0.25) is 0 Å². The number of unbranched alkanes of at least 4 members (excludes halogenated alkanes) is 7. The number of amides is 2. The van der Waals surface area contributed by atoms with E-state index in [1.807, 2.05) is 4.90 Å². The summed E-state index contributed by atoms with van der Waals surface area (Å²) >= 11 is 0. The first kappa shape index (κ1) is 19.3. The summed E-state index contributed by atoms with van der Waals surface area (Å²) in [6.07, 6.45) is 16.4. The summed E-state index contributed by atoms with van der Waals surface area (Å²) in [5.41, 5.74) is 0. The van der Waals surface area contributed by atoms with Crippen LogP contribution < -0.4 is 5.32 Å². The number of urea groups is 1. The average Bonchev–Trinajstić information content (AvgIpc) is 3.05. The van der Waals surface area contributed by atoms with Crippen LogP contribution in [0.1, 0.15) is 97.3 Å². The van der Waals surface area contributed by atoms with Gasteiger partial charge in [0.2, 0.25) is 0 Å². The molecule has 1 atom stereocenters. The van der Waals surface area contributed by atoms with E-state index in [0.29, 0.717) is 6.04 Å². The summed E-state index contributed by atoms with van der Waals surface area (Å²) < 4.78 is 0. The standard InChI is InChI=1S/C19H38N2O/c1-3-5-7-9-11-15-18(14-10-8-6-4-2)20-19(22)21-16-12-13-17-21/h18H,3-17H2,1-2H3,(H,20,22). The second-order valence-corrected chi connectivity index (χ2v) is 6.89. The predicted octanol–water partition coefficient (Wildman–Crippen LogP) is 5.49. The molecule has 1 unspecified atom stereocenters. The molecule has 0 aromatic heterocycles. The fourth-order valence-electron chi connectivity index (χ4n) is 3.29. The first-order valence-corrected chi connectivity index (χ1v) is 9.83. The molecule has 1 heterocycles. The van der Waals surface area contributed by atoms with Crippen molar-refractivity contribution in [3.05, 3.63) is 0 Å². The summed E-state index contributed by atoms with van der Waals surface area (Å²) in [6.45, 7) is 6.41. The van der Waals surface area contributed by atoms with Crippen LogP contribution in [0, 0.1) is 0 Å². The minimum Gasteiger partial charge on any atom is -0.335 e. The highest BCUT2D eigenvalue weighted by Gasteiger charge is 2.20. The van der Waals surface area contributed by atoms with Gasteiger partial charge in [0.15, 0.2) is 0 Å². The van der Waals surface area contributed by atoms with Gasteiger partial charge >= 0.3 is 6.03 Å². The molecule has 3 nitrogen and oxygen atoms in total. The van der Waals surface area contributed by atoms with Gasteiger partial charge in [-0.15, -0.1) is 0 Å². The molecular formula is C19H38N2O. The highest BCUT2D eigenvalue weighted by atomic mass is 16.2. The van der Waals surface area contributed by atoms with E-state index in [9.17, 15) is 4.79 Å². The Kier molecular flexibility index (Phi) is 11.2. The van der Waals surface area contributed by atoms with Crippen LogP contribution in [0.25, 0.3) is 0 Å². The van der Waals surface area contributed by atoms with E-state index in [4.69, 9.17) is 0 Å². The van der Waals surface area contributed by atoms with Crippen molar-refractivity contribution in [2.24, 2.45) is 0 Å². The number of hydrogen-bond donors (Lipinski definition) is 1. The summed E-state index contributed by atoms with van der Waals surface area (Å²) in [7, 11) is 0. The SMILES string of the molecule is CCCCCCCC(CCCCCC)NC(=O)N1CCCC1. The molecule has 0 spiro atoms. The van der Waals surface area contributed by atoms with Gasteiger partial charge < -0.3 is 10.2 Å². The normalized spacial score (nSPS) is 16.0. The molecule has 3 heteroatoms. The van der Waals surface area contributed by atoms with Crippen molar-refractivity contribution < 1.29 is 4.79 Å². The van der Waals surface area contributed by atoms with Crippen LogP contribution in [-0.4, -0.2) is 30.1 Å². The molecule has 1 aliphatic heterocycles. The maximum absolute atomic E-state index is 12.3. The fourth-order valence-corrected chi connectivity index (χ4v) is 3.29. The zero-order chi connectivity index (χ0) is 16.0. The van der Waals surface area contributed by atoms with Crippen molar-refractivity contribution in [1.82, 2.24) is 10.2 Å². The Hall–Kier alpha value is -0.730. The Morgan fingerprint density at radius 3 is 1.91 bits per heavy atom. The van der Waals surface area contributed by atoms with Crippen molar-refractivity contribution in [1.29, 1.82) is 0 Å². The zero-order valence-electron chi connectivity index (χ0n) is 15.0. The molecule has 0 radical (unpaired) electrons. The Balaban J connectivity index is 2.27. The second kappa shape index (κ2) is 12.8. The van der Waals surface area contributed by atoms with E-state index < -0.39 is 0 Å². The number of nitrogens with zero attached hydrogens (tertiary/aromatic N) is 1. The fraction of sp³-hybridized carbons (Fsp3) is 0.947. The van der Waals surface area contributed by atoms with Gasteiger partial charge in [0.25, 0.3) is 0 Å². The molecule has 0 aliphatic carbocycles. The maximum Gasteiger partial charge on any atom is 0.317 e. The predicted molar refractivity (Wildman–Crippen MR) is 95.3 cm³/mol. The van der Waals surface area contributed by atoms with Gasteiger partial charge in [0.1, 0.15) is 0 Å². The first-order valence-electron chi connectivity index (χ1n) is 9.83. The third kappa shape index (κ3) is 8.65. The van der Waals surface area contributed by atoms with Crippen molar-refractivity contribution in [2.45, 2.75) is 103 Å². The lowest BCUT2D eigenvalue weighted by atomic mass is 10.0. The highest BCUT2D eigenvalue weighted by Crippen LogP contribution is 2.14. The Morgan fingerprint density at radius 2 is 1.36 bits per heavy atom. The van der Waals surface area contributed by atoms with Crippen molar-refractivity contribution in [3.8, 4) is 0 Å². The topological polar surface area (TPSA) is 32.3 Å². The van der Waals surface area contributed by atoms with Gasteiger partial charge in [-0.05, 0) is 25.7 Å². The van der Waals surface area contributed by atoms with Gasteiger partial charge in [-0.25, -0.2) is 4.79 Å². The molecule has 22 heavy (non-hydrogen) atoms. The maximum atomic E-state index is 12.3. The third-order valence-electron chi connectivity index (χ3n) is 4.78. The van der Waals surface area contributed by atoms with E-state index in [1.165, 1.54) is 70.6 Å². The van der Waals surface area contributed by atoms with Gasteiger partial charge in [0.05, 0.1) is 0 Å². The van der Waals surface area contributed by atoms with Gasteiger partial charge in [-0.1, -0.05) is 71.6 Å². The molecular weight excluding hydrogens is 272 g/mol. The molecule has 0 saturated carbocycles. The van der Waals surface area contributed by atoms with E-state index >= 15 is 0 Å². The molecule has 2 amide bonds. The molecule has 1 N–H and O–H groups in total. The Bertz CT molecular complexity index is 275. The van der Waals surface area contributed by atoms with Crippen LogP contribution in [0.15, 0.2) is 0 Å².